The number of carbonyl (C=O) groups excluding carboxylic acids is 8. The molecule has 0 aromatic heterocycles. The van der Waals surface area contributed by atoms with Crippen LogP contribution in [0.2, 0.25) is 0 Å². The van der Waals surface area contributed by atoms with Gasteiger partial charge in [-0.05, 0) is 0 Å². The minimum atomic E-state index is -2.48. The smallest absolute Gasteiger partial charge is 0.303 e. The van der Waals surface area contributed by atoms with Crippen LogP contribution >= 0.6 is 0 Å². The summed E-state index contributed by atoms with van der Waals surface area (Å²) in [6.07, 6.45) is -13.2. The molecule has 19 heteroatoms. The van der Waals surface area contributed by atoms with E-state index in [2.05, 4.69) is 0 Å². The fourth-order valence-corrected chi connectivity index (χ4v) is 4.76. The molecule has 9 atom stereocenters. The Morgan fingerprint density at radius 3 is 1.38 bits per heavy atom. The SMILES string of the molecule is CC(=O)OCC1O[C@H](O[C@]2(COC(C)=O)O[C@H](COC(C)=O)[C@@H](OC(C)=O)[C@@H]2OC(C)=O)C(OC(C)=O)C(OC(C)=O)[C@@H]1OC(C)=O. The molecule has 3 unspecified atom stereocenters. The van der Waals surface area contributed by atoms with Gasteiger partial charge in [-0.15, -0.1) is 0 Å². The maximum Gasteiger partial charge on any atom is 0.303 e. The highest BCUT2D eigenvalue weighted by molar-refractivity contribution is 5.69. The van der Waals surface area contributed by atoms with Gasteiger partial charge in [0.15, 0.2) is 30.5 Å². The molecule has 0 spiro atoms. The molecule has 2 aliphatic heterocycles. The third-order valence-electron chi connectivity index (χ3n) is 6.24. The zero-order valence-corrected chi connectivity index (χ0v) is 27.0. The molecule has 0 amide bonds. The predicted octanol–water partition coefficient (Wildman–Crippen LogP) is -0.829. The van der Waals surface area contributed by atoms with Gasteiger partial charge in [0, 0.05) is 55.4 Å². The second kappa shape index (κ2) is 17.0. The summed E-state index contributed by atoms with van der Waals surface area (Å²) in [5, 5.41) is 0. The molecule has 2 heterocycles. The average Bonchev–Trinajstić information content (AvgIpc) is 3.18. The van der Waals surface area contributed by atoms with Crippen LogP contribution in [0.25, 0.3) is 0 Å². The van der Waals surface area contributed by atoms with Crippen molar-refractivity contribution in [3.8, 4) is 0 Å². The van der Waals surface area contributed by atoms with Crippen molar-refractivity contribution in [1.29, 1.82) is 0 Å². The molecule has 2 aliphatic rings. The zero-order valence-electron chi connectivity index (χ0n) is 27.0. The lowest BCUT2D eigenvalue weighted by atomic mass is 9.97. The zero-order chi connectivity index (χ0) is 35.6. The molecule has 0 aromatic rings. The number of hydrogen-bond donors (Lipinski definition) is 0. The fourth-order valence-electron chi connectivity index (χ4n) is 4.76. The van der Waals surface area contributed by atoms with Crippen molar-refractivity contribution in [3.05, 3.63) is 0 Å². The molecular formula is C28H38O19. The van der Waals surface area contributed by atoms with Gasteiger partial charge in [-0.1, -0.05) is 0 Å². The summed E-state index contributed by atoms with van der Waals surface area (Å²) in [5.74, 6) is -9.54. The maximum atomic E-state index is 12.3. The van der Waals surface area contributed by atoms with Gasteiger partial charge < -0.3 is 52.1 Å². The van der Waals surface area contributed by atoms with Gasteiger partial charge in [-0.3, -0.25) is 38.4 Å². The number of rotatable bonds is 13. The Hall–Kier alpha value is -4.36. The average molecular weight is 679 g/mol. The van der Waals surface area contributed by atoms with E-state index in [1.54, 1.807) is 0 Å². The first-order chi connectivity index (χ1) is 21.8. The third kappa shape index (κ3) is 11.4. The molecule has 0 aliphatic carbocycles. The number of hydrogen-bond acceptors (Lipinski definition) is 19. The fraction of sp³-hybridized carbons (Fsp3) is 0.714. The van der Waals surface area contributed by atoms with Crippen molar-refractivity contribution in [2.24, 2.45) is 0 Å². The van der Waals surface area contributed by atoms with E-state index in [1.165, 1.54) is 0 Å². The van der Waals surface area contributed by atoms with Gasteiger partial charge in [-0.25, -0.2) is 0 Å². The molecular weight excluding hydrogens is 640 g/mol. The second-order valence-corrected chi connectivity index (χ2v) is 10.3. The lowest BCUT2D eigenvalue weighted by Gasteiger charge is -2.46. The summed E-state index contributed by atoms with van der Waals surface area (Å²) in [6.45, 7) is 6.12. The topological polar surface area (TPSA) is 238 Å². The molecule has 0 radical (unpaired) electrons. The molecule has 264 valence electrons. The van der Waals surface area contributed by atoms with E-state index in [0.717, 1.165) is 55.4 Å². The Morgan fingerprint density at radius 2 is 0.915 bits per heavy atom. The van der Waals surface area contributed by atoms with Crippen LogP contribution < -0.4 is 0 Å². The largest absolute Gasteiger partial charge is 0.463 e. The molecule has 0 aromatic carbocycles. The van der Waals surface area contributed by atoms with E-state index >= 15 is 0 Å². The van der Waals surface area contributed by atoms with Crippen molar-refractivity contribution in [2.75, 3.05) is 19.8 Å². The standard InChI is InChI=1S/C28H38O19/c1-12(29)37-9-20-22(40-15(4)32)24(42-17(6)34)25(43-18(7)35)27(45-20)47-28(11-39-14(3)31)26(44-19(8)36)23(41-16(5)33)21(46-28)10-38-13(2)30/h20-27H,9-11H2,1-8H3/t20?,21-,22-,23-,24?,25?,26+,27-,28+/m1/s1. The van der Waals surface area contributed by atoms with E-state index in [9.17, 15) is 38.4 Å². The van der Waals surface area contributed by atoms with Crippen molar-refractivity contribution < 1.29 is 90.5 Å². The summed E-state index contributed by atoms with van der Waals surface area (Å²) in [6, 6.07) is 0. The Bertz CT molecular complexity index is 1210. The van der Waals surface area contributed by atoms with E-state index < -0.39 is 122 Å². The van der Waals surface area contributed by atoms with Crippen LogP contribution in [0.5, 0.6) is 0 Å². The highest BCUT2D eigenvalue weighted by Gasteiger charge is 2.65. The van der Waals surface area contributed by atoms with Crippen molar-refractivity contribution in [3.63, 3.8) is 0 Å². The van der Waals surface area contributed by atoms with Gasteiger partial charge in [0.25, 0.3) is 0 Å². The van der Waals surface area contributed by atoms with Crippen LogP contribution in [0.3, 0.4) is 0 Å². The Labute approximate surface area is 268 Å². The molecule has 0 N–H and O–H groups in total. The first kappa shape index (κ1) is 38.8. The van der Waals surface area contributed by atoms with Crippen LogP contribution in [-0.4, -0.2) is 122 Å². The molecule has 47 heavy (non-hydrogen) atoms. The molecule has 0 bridgehead atoms. The Kier molecular flexibility index (Phi) is 14.0. The lowest BCUT2D eigenvalue weighted by molar-refractivity contribution is -0.384. The Morgan fingerprint density at radius 1 is 0.489 bits per heavy atom. The number of carbonyl (C=O) groups is 8. The summed E-state index contributed by atoms with van der Waals surface area (Å²) in [5.41, 5.74) is 0. The van der Waals surface area contributed by atoms with Gasteiger partial charge in [0.2, 0.25) is 12.1 Å². The third-order valence-corrected chi connectivity index (χ3v) is 6.24. The minimum absolute atomic E-state index is 0.588. The molecule has 2 fully saturated rings. The first-order valence-electron chi connectivity index (χ1n) is 14.1. The van der Waals surface area contributed by atoms with E-state index in [-0.39, 0.29) is 0 Å². The van der Waals surface area contributed by atoms with Gasteiger partial charge in [0.1, 0.15) is 32.0 Å². The number of esters is 8. The van der Waals surface area contributed by atoms with Gasteiger partial charge >= 0.3 is 47.8 Å². The van der Waals surface area contributed by atoms with Crippen LogP contribution in [0, 0.1) is 0 Å². The normalized spacial score (nSPS) is 29.8. The van der Waals surface area contributed by atoms with Crippen molar-refractivity contribution in [1.82, 2.24) is 0 Å². The van der Waals surface area contributed by atoms with Crippen molar-refractivity contribution in [2.45, 2.75) is 110 Å². The molecule has 2 rings (SSSR count). The highest BCUT2D eigenvalue weighted by Crippen LogP contribution is 2.41. The maximum absolute atomic E-state index is 12.3. The summed E-state index contributed by atoms with van der Waals surface area (Å²) in [7, 11) is 0. The summed E-state index contributed by atoms with van der Waals surface area (Å²) >= 11 is 0. The Balaban J connectivity index is 2.78. The molecule has 2 saturated heterocycles. The van der Waals surface area contributed by atoms with E-state index in [4.69, 9.17) is 52.1 Å². The second-order valence-electron chi connectivity index (χ2n) is 10.3. The highest BCUT2D eigenvalue weighted by atomic mass is 16.8. The molecule has 0 saturated carbocycles. The molecule has 19 nitrogen and oxygen atoms in total. The first-order valence-corrected chi connectivity index (χ1v) is 14.1. The number of ether oxygens (including phenoxy) is 11. The van der Waals surface area contributed by atoms with Crippen LogP contribution in [0.4, 0.5) is 0 Å². The predicted molar refractivity (Wildman–Crippen MR) is 145 cm³/mol. The van der Waals surface area contributed by atoms with Crippen molar-refractivity contribution >= 4 is 47.8 Å². The quantitative estimate of drug-likeness (QED) is 0.171. The van der Waals surface area contributed by atoms with Crippen LogP contribution in [0.1, 0.15) is 55.4 Å². The lowest BCUT2D eigenvalue weighted by Crippen LogP contribution is -2.65. The van der Waals surface area contributed by atoms with Crippen LogP contribution in [0.15, 0.2) is 0 Å². The van der Waals surface area contributed by atoms with Gasteiger partial charge in [0.05, 0.1) is 0 Å². The summed E-state index contributed by atoms with van der Waals surface area (Å²) < 4.78 is 60.5. The minimum Gasteiger partial charge on any atom is -0.463 e. The summed E-state index contributed by atoms with van der Waals surface area (Å²) in [4.78, 5) is 96.4. The van der Waals surface area contributed by atoms with Crippen LogP contribution in [-0.2, 0) is 90.5 Å². The van der Waals surface area contributed by atoms with E-state index in [1.807, 2.05) is 0 Å². The monoisotopic (exact) mass is 678 g/mol. The van der Waals surface area contributed by atoms with Gasteiger partial charge in [-0.2, -0.15) is 0 Å². The van der Waals surface area contributed by atoms with E-state index in [0.29, 0.717) is 0 Å².